The number of carbonyl (C=O) groups excluding carboxylic acids is 7. The number of primary amides is 1. The Morgan fingerprint density at radius 1 is 0.853 bits per heavy atom. The van der Waals surface area contributed by atoms with E-state index in [2.05, 4.69) is 31.6 Å². The molecule has 5 rings (SSSR count). The number of carbonyl (C=O) groups is 8. The number of anilines is 2. The quantitative estimate of drug-likeness (QED) is 0.0281. The maximum atomic E-state index is 13.7. The van der Waals surface area contributed by atoms with Crippen molar-refractivity contribution in [2.24, 2.45) is 11.7 Å². The van der Waals surface area contributed by atoms with Crippen LogP contribution in [0, 0.1) is 5.92 Å². The van der Waals surface area contributed by atoms with Crippen molar-refractivity contribution in [3.8, 4) is 0 Å². The van der Waals surface area contributed by atoms with Crippen LogP contribution in [0.25, 0.3) is 21.9 Å². The zero-order chi connectivity index (χ0) is 55.0. The second kappa shape index (κ2) is 26.5. The van der Waals surface area contributed by atoms with Crippen LogP contribution in [0.4, 0.5) is 21.1 Å². The lowest BCUT2D eigenvalue weighted by Crippen LogP contribution is -2.56. The Morgan fingerprint density at radius 3 is 2.20 bits per heavy atom. The van der Waals surface area contributed by atoms with Gasteiger partial charge in [0.2, 0.25) is 23.6 Å². The number of fused-ring (bicyclic) bond motifs is 3. The highest BCUT2D eigenvalue weighted by molar-refractivity contribution is 6.13. The van der Waals surface area contributed by atoms with E-state index in [1.54, 1.807) is 38.1 Å². The molecule has 2 atom stereocenters. The van der Waals surface area contributed by atoms with E-state index in [1.807, 2.05) is 49.6 Å². The summed E-state index contributed by atoms with van der Waals surface area (Å²) in [5.41, 5.74) is 12.2. The molecular formula is C52H72N12O11. The van der Waals surface area contributed by atoms with Crippen molar-refractivity contribution in [1.29, 1.82) is 0 Å². The van der Waals surface area contributed by atoms with Crippen molar-refractivity contribution < 1.29 is 52.9 Å². The number of benzene rings is 2. The van der Waals surface area contributed by atoms with Gasteiger partial charge in [-0.15, -0.1) is 0 Å². The summed E-state index contributed by atoms with van der Waals surface area (Å²) in [4.78, 5) is 113. The van der Waals surface area contributed by atoms with Crippen LogP contribution in [0.1, 0.15) is 98.4 Å². The summed E-state index contributed by atoms with van der Waals surface area (Å²) in [6.07, 6.45) is 3.06. The molecule has 2 aromatic carbocycles. The predicted molar refractivity (Wildman–Crippen MR) is 280 cm³/mol. The first kappa shape index (κ1) is 58.2. The summed E-state index contributed by atoms with van der Waals surface area (Å²) < 4.78 is 14.1. The lowest BCUT2D eigenvalue weighted by atomic mass is 10.0. The molecule has 3 heterocycles. The van der Waals surface area contributed by atoms with Crippen LogP contribution >= 0.6 is 0 Å². The number of amides is 9. The summed E-state index contributed by atoms with van der Waals surface area (Å²) in [7, 11) is 0. The number of nitrogens with one attached hydrogen (secondary N) is 5. The van der Waals surface area contributed by atoms with E-state index in [-0.39, 0.29) is 82.3 Å². The normalized spacial score (nSPS) is 13.5. The van der Waals surface area contributed by atoms with Crippen molar-refractivity contribution in [3.05, 3.63) is 72.1 Å². The Bertz CT molecular complexity index is 2720. The van der Waals surface area contributed by atoms with E-state index in [0.717, 1.165) is 26.2 Å². The summed E-state index contributed by atoms with van der Waals surface area (Å²) in [5, 5.41) is 24.8. The Kier molecular flexibility index (Phi) is 20.6. The third-order valence-electron chi connectivity index (χ3n) is 12.6. The van der Waals surface area contributed by atoms with Crippen LogP contribution in [0.3, 0.4) is 0 Å². The number of nitrogens with two attached hydrogens (primary N) is 2. The van der Waals surface area contributed by atoms with Gasteiger partial charge in [0.25, 0.3) is 11.8 Å². The van der Waals surface area contributed by atoms with Crippen LogP contribution in [-0.2, 0) is 57.9 Å². The number of carboxylic acid groups (broad SMARTS) is 1. The summed E-state index contributed by atoms with van der Waals surface area (Å²) in [5.74, 6) is -2.27. The minimum absolute atomic E-state index is 0.0778. The third-order valence-corrected chi connectivity index (χ3v) is 12.6. The van der Waals surface area contributed by atoms with E-state index in [1.165, 1.54) is 26.0 Å². The number of hydrogen-bond acceptors (Lipinski definition) is 13. The summed E-state index contributed by atoms with van der Waals surface area (Å²) in [6, 6.07) is 11.1. The molecule has 75 heavy (non-hydrogen) atoms. The minimum atomic E-state index is -1.54. The molecule has 0 aliphatic carbocycles. The van der Waals surface area contributed by atoms with E-state index in [9.17, 15) is 43.5 Å². The molecule has 2 unspecified atom stereocenters. The van der Waals surface area contributed by atoms with E-state index in [4.69, 9.17) is 25.9 Å². The lowest BCUT2D eigenvalue weighted by Gasteiger charge is -2.35. The van der Waals surface area contributed by atoms with Crippen LogP contribution in [0.2, 0.25) is 0 Å². The number of unbranched alkanes of at least 4 members (excludes halogenated alkanes) is 2. The topological polar surface area (TPSA) is 325 Å². The van der Waals surface area contributed by atoms with Gasteiger partial charge in [0.1, 0.15) is 35.6 Å². The van der Waals surface area contributed by atoms with Crippen LogP contribution < -0.4 is 38.1 Å². The molecule has 0 radical (unpaired) electrons. The van der Waals surface area contributed by atoms with Gasteiger partial charge >= 0.3 is 12.1 Å². The van der Waals surface area contributed by atoms with Gasteiger partial charge < -0.3 is 57.2 Å². The van der Waals surface area contributed by atoms with Gasteiger partial charge in [-0.05, 0) is 90.0 Å². The van der Waals surface area contributed by atoms with Crippen LogP contribution in [-0.4, -0.2) is 133 Å². The van der Waals surface area contributed by atoms with Crippen molar-refractivity contribution in [2.45, 2.75) is 130 Å². The van der Waals surface area contributed by atoms with Gasteiger partial charge in [-0.25, -0.2) is 19.6 Å². The largest absolute Gasteiger partial charge is 0.465 e. The number of rotatable bonds is 29. The Labute approximate surface area is 435 Å². The van der Waals surface area contributed by atoms with Gasteiger partial charge in [-0.1, -0.05) is 50.6 Å². The van der Waals surface area contributed by atoms with Gasteiger partial charge in [0.15, 0.2) is 5.82 Å². The number of nitrogens with zero attached hydrogens (tertiary/aromatic N) is 5. The molecule has 23 heteroatoms. The van der Waals surface area contributed by atoms with Gasteiger partial charge in [-0.3, -0.25) is 38.6 Å². The first-order valence-electron chi connectivity index (χ1n) is 25.1. The maximum Gasteiger partial charge on any atom is 0.408 e. The number of nitrogen functional groups attached to an aromatic ring is 1. The number of urea groups is 1. The summed E-state index contributed by atoms with van der Waals surface area (Å²) in [6.45, 7) is 13.7. The van der Waals surface area contributed by atoms with Crippen molar-refractivity contribution >= 4 is 81.0 Å². The van der Waals surface area contributed by atoms with Gasteiger partial charge in [0, 0.05) is 55.9 Å². The zero-order valence-electron chi connectivity index (χ0n) is 43.8. The molecule has 10 N–H and O–H groups in total. The third kappa shape index (κ3) is 16.2. The van der Waals surface area contributed by atoms with Crippen molar-refractivity contribution in [2.75, 3.05) is 43.9 Å². The predicted octanol–water partition coefficient (Wildman–Crippen LogP) is 4.07. The molecule has 4 aromatic rings. The molecule has 406 valence electrons. The highest BCUT2D eigenvalue weighted by Gasteiger charge is 2.38. The SMILES string of the molecule is CCOCc1nc2c(N)nc3ccccc3c2n1CC(C)(C)OCCNC(=O)C(C)(C)N(Cc1ccc(NC(=O)C(CCCNC(N)=O)NC(=O)C(NC(=O)CCCCCN2C(=O)C=CC2=O)C(C)C)cc1)C(=O)O. The monoisotopic (exact) mass is 1040 g/mol. The highest BCUT2D eigenvalue weighted by atomic mass is 16.5. The molecule has 1 aliphatic rings. The standard InChI is InChI=1S/C52H72N12O11/c1-8-74-30-38-60-43-44(35-15-11-12-16-36(35)58-45(43)53)63(38)31-51(4,5)75-28-26-55-48(70)52(6,7)64(50(72)73)29-33-19-21-34(22-20-33)57-46(68)37(17-14-25-56-49(54)71)59-47(69)42(32(2)3)61-39(65)18-10-9-13-27-62-40(66)23-24-41(62)67/h11-12,15-16,19-24,32,37,42H,8-10,13-14,17-18,25-31H2,1-7H3,(H2,53,58)(H,55,70)(H,57,68)(H,59,69)(H,61,65)(H,72,73)(H3,54,56,71). The molecule has 0 fully saturated rings. The van der Waals surface area contributed by atoms with Crippen molar-refractivity contribution in [1.82, 2.24) is 45.6 Å². The number of pyridine rings is 1. The van der Waals surface area contributed by atoms with Crippen LogP contribution in [0.15, 0.2) is 60.7 Å². The van der Waals surface area contributed by atoms with Crippen LogP contribution in [0.5, 0.6) is 0 Å². The Balaban J connectivity index is 1.15. The molecule has 23 nitrogen and oxygen atoms in total. The Morgan fingerprint density at radius 2 is 1.55 bits per heavy atom. The second-order valence-electron chi connectivity index (χ2n) is 19.7. The number of ether oxygens (including phenoxy) is 2. The van der Waals surface area contributed by atoms with Crippen molar-refractivity contribution in [3.63, 3.8) is 0 Å². The number of aromatic nitrogens is 3. The minimum Gasteiger partial charge on any atom is -0.465 e. The van der Waals surface area contributed by atoms with E-state index in [0.29, 0.717) is 60.8 Å². The fraction of sp³-hybridized carbons (Fsp3) is 0.500. The maximum absolute atomic E-state index is 13.7. The Hall–Kier alpha value is -7.66. The second-order valence-corrected chi connectivity index (χ2v) is 19.7. The first-order chi connectivity index (χ1) is 35.5. The number of imidazole rings is 1. The van der Waals surface area contributed by atoms with E-state index < -0.39 is 53.1 Å². The molecule has 0 saturated heterocycles. The number of imide groups is 1. The lowest BCUT2D eigenvalue weighted by molar-refractivity contribution is -0.137. The molecule has 2 aromatic heterocycles. The first-order valence-corrected chi connectivity index (χ1v) is 25.1. The molecule has 9 amide bonds. The highest BCUT2D eigenvalue weighted by Crippen LogP contribution is 2.31. The fourth-order valence-electron chi connectivity index (χ4n) is 8.46. The molecule has 1 aliphatic heterocycles. The molecule has 0 bridgehead atoms. The smallest absolute Gasteiger partial charge is 0.408 e. The van der Waals surface area contributed by atoms with E-state index >= 15 is 0 Å². The number of para-hydroxylation sites is 1. The fourth-order valence-corrected chi connectivity index (χ4v) is 8.46. The molecule has 0 spiro atoms. The summed E-state index contributed by atoms with van der Waals surface area (Å²) >= 11 is 0. The number of hydrogen-bond donors (Lipinski definition) is 8. The average molecular weight is 1040 g/mol. The molecular weight excluding hydrogens is 969 g/mol. The average Bonchev–Trinajstić information content (AvgIpc) is 3.88. The van der Waals surface area contributed by atoms with Gasteiger partial charge in [0.05, 0.1) is 36.3 Å². The van der Waals surface area contributed by atoms with Gasteiger partial charge in [-0.2, -0.15) is 0 Å². The molecule has 0 saturated carbocycles. The zero-order valence-corrected chi connectivity index (χ0v) is 43.8.